The minimum Gasteiger partial charge on any atom is -0.355 e. The number of amides is 3. The second-order valence-corrected chi connectivity index (χ2v) is 6.81. The molecule has 0 bridgehead atoms. The van der Waals surface area contributed by atoms with E-state index < -0.39 is 17.7 Å². The summed E-state index contributed by atoms with van der Waals surface area (Å²) in [6.07, 6.45) is 3.24. The topological polar surface area (TPSA) is 105 Å². The highest BCUT2D eigenvalue weighted by Gasteiger charge is 2.36. The third kappa shape index (κ3) is 3.25. The predicted octanol–water partition coefficient (Wildman–Crippen LogP) is 3.79. The first-order valence-electron chi connectivity index (χ1n) is 9.38. The highest BCUT2D eigenvalue weighted by Crippen LogP contribution is 2.30. The lowest BCUT2D eigenvalue weighted by atomic mass is 10.1. The average molecular weight is 410 g/mol. The second kappa shape index (κ2) is 7.34. The predicted molar refractivity (Wildman–Crippen MR) is 112 cm³/mol. The van der Waals surface area contributed by atoms with Crippen LogP contribution in [0.15, 0.2) is 83.6 Å². The summed E-state index contributed by atoms with van der Waals surface area (Å²) in [5, 5.41) is 6.52. The molecule has 3 heterocycles. The van der Waals surface area contributed by atoms with Gasteiger partial charge >= 0.3 is 0 Å². The van der Waals surface area contributed by atoms with E-state index in [1.54, 1.807) is 73.1 Å². The van der Waals surface area contributed by atoms with Gasteiger partial charge < -0.3 is 9.84 Å². The van der Waals surface area contributed by atoms with E-state index in [-0.39, 0.29) is 5.69 Å². The lowest BCUT2D eigenvalue weighted by Crippen LogP contribution is -2.29. The fraction of sp³-hybridized carbons (Fsp3) is 0. The third-order valence-electron chi connectivity index (χ3n) is 4.85. The van der Waals surface area contributed by atoms with E-state index in [1.165, 1.54) is 6.07 Å². The van der Waals surface area contributed by atoms with E-state index in [4.69, 9.17) is 4.52 Å². The molecule has 0 radical (unpaired) electrons. The standard InChI is InChI=1S/C23H14N4O4/c28-21(19-12-20(31-26-19)14-5-4-10-24-13-14)25-15-6-3-7-16(11-15)27-22(29)17-8-1-2-9-18(17)23(27)30/h1-13H,(H,25,28). The molecule has 8 heteroatoms. The highest BCUT2D eigenvalue weighted by atomic mass is 16.5. The van der Waals surface area contributed by atoms with Gasteiger partial charge in [0.1, 0.15) is 0 Å². The Labute approximate surface area is 176 Å². The smallest absolute Gasteiger partial charge is 0.277 e. The quantitative estimate of drug-likeness (QED) is 0.513. The molecule has 2 aromatic carbocycles. The molecule has 0 fully saturated rings. The summed E-state index contributed by atoms with van der Waals surface area (Å²) in [6.45, 7) is 0. The Hall–Kier alpha value is -4.59. The van der Waals surface area contributed by atoms with Gasteiger partial charge in [0.25, 0.3) is 17.7 Å². The van der Waals surface area contributed by atoms with E-state index in [1.807, 2.05) is 0 Å². The molecule has 0 aliphatic carbocycles. The van der Waals surface area contributed by atoms with Gasteiger partial charge in [0.15, 0.2) is 11.5 Å². The number of aromatic nitrogens is 2. The summed E-state index contributed by atoms with van der Waals surface area (Å²) >= 11 is 0. The van der Waals surface area contributed by atoms with Crippen molar-refractivity contribution < 1.29 is 18.9 Å². The van der Waals surface area contributed by atoms with Crippen LogP contribution in [-0.2, 0) is 0 Å². The van der Waals surface area contributed by atoms with E-state index in [0.29, 0.717) is 33.8 Å². The Bertz CT molecular complexity index is 1300. The number of hydrogen-bond donors (Lipinski definition) is 1. The van der Waals surface area contributed by atoms with Gasteiger partial charge in [-0.1, -0.05) is 23.4 Å². The van der Waals surface area contributed by atoms with E-state index in [0.717, 1.165) is 4.90 Å². The molecule has 31 heavy (non-hydrogen) atoms. The maximum Gasteiger partial charge on any atom is 0.277 e. The SMILES string of the molecule is O=C(Nc1cccc(N2C(=O)c3ccccc3C2=O)c1)c1cc(-c2cccnc2)on1. The molecular weight excluding hydrogens is 396 g/mol. The molecule has 0 atom stereocenters. The molecule has 2 aromatic heterocycles. The van der Waals surface area contributed by atoms with Crippen molar-refractivity contribution in [1.82, 2.24) is 10.1 Å². The van der Waals surface area contributed by atoms with Crippen molar-refractivity contribution in [3.05, 3.63) is 95.9 Å². The van der Waals surface area contributed by atoms with Crippen molar-refractivity contribution in [2.24, 2.45) is 0 Å². The number of imide groups is 1. The molecule has 1 N–H and O–H groups in total. The van der Waals surface area contributed by atoms with Crippen LogP contribution in [0.2, 0.25) is 0 Å². The van der Waals surface area contributed by atoms with Crippen LogP contribution in [-0.4, -0.2) is 27.9 Å². The molecule has 5 rings (SSSR count). The fourth-order valence-corrected chi connectivity index (χ4v) is 3.37. The molecule has 150 valence electrons. The van der Waals surface area contributed by atoms with E-state index in [9.17, 15) is 14.4 Å². The minimum absolute atomic E-state index is 0.0880. The lowest BCUT2D eigenvalue weighted by Gasteiger charge is -2.15. The van der Waals surface area contributed by atoms with Crippen molar-refractivity contribution in [3.8, 4) is 11.3 Å². The van der Waals surface area contributed by atoms with Crippen LogP contribution < -0.4 is 10.2 Å². The number of anilines is 2. The molecule has 1 aliphatic rings. The number of benzene rings is 2. The number of carbonyl (C=O) groups excluding carboxylic acids is 3. The van der Waals surface area contributed by atoms with Crippen LogP contribution >= 0.6 is 0 Å². The molecule has 4 aromatic rings. The van der Waals surface area contributed by atoms with Crippen molar-refractivity contribution >= 4 is 29.1 Å². The molecule has 0 unspecified atom stereocenters. The zero-order valence-corrected chi connectivity index (χ0v) is 16.0. The number of rotatable bonds is 4. The number of nitrogens with zero attached hydrogens (tertiary/aromatic N) is 3. The van der Waals surface area contributed by atoms with Gasteiger partial charge in [-0.15, -0.1) is 0 Å². The van der Waals surface area contributed by atoms with Crippen LogP contribution in [0.25, 0.3) is 11.3 Å². The van der Waals surface area contributed by atoms with Gasteiger partial charge in [0, 0.05) is 29.7 Å². The lowest BCUT2D eigenvalue weighted by molar-refractivity contribution is 0.0925. The Kier molecular flexibility index (Phi) is 4.37. The van der Waals surface area contributed by atoms with Crippen molar-refractivity contribution in [1.29, 1.82) is 0 Å². The summed E-state index contributed by atoms with van der Waals surface area (Å²) in [5.74, 6) is -0.875. The Morgan fingerprint density at radius 1 is 0.903 bits per heavy atom. The van der Waals surface area contributed by atoms with Gasteiger partial charge in [0.05, 0.1) is 16.8 Å². The largest absolute Gasteiger partial charge is 0.355 e. The van der Waals surface area contributed by atoms with Gasteiger partial charge in [-0.05, 0) is 42.5 Å². The fourth-order valence-electron chi connectivity index (χ4n) is 3.37. The monoisotopic (exact) mass is 410 g/mol. The van der Waals surface area contributed by atoms with E-state index >= 15 is 0 Å². The number of nitrogens with one attached hydrogen (secondary N) is 1. The van der Waals surface area contributed by atoms with Gasteiger partial charge in [-0.25, -0.2) is 4.90 Å². The normalized spacial score (nSPS) is 12.7. The summed E-state index contributed by atoms with van der Waals surface area (Å²) in [6, 6.07) is 18.2. The third-order valence-corrected chi connectivity index (χ3v) is 4.85. The zero-order chi connectivity index (χ0) is 21.4. The highest BCUT2D eigenvalue weighted by molar-refractivity contribution is 6.34. The molecule has 0 saturated carbocycles. The van der Waals surface area contributed by atoms with Gasteiger partial charge in [-0.2, -0.15) is 0 Å². The molecule has 8 nitrogen and oxygen atoms in total. The maximum atomic E-state index is 12.7. The number of fused-ring (bicyclic) bond motifs is 1. The average Bonchev–Trinajstić information content (AvgIpc) is 3.39. The number of pyridine rings is 1. The van der Waals surface area contributed by atoms with Crippen LogP contribution in [0.1, 0.15) is 31.2 Å². The Balaban J connectivity index is 1.37. The number of carbonyl (C=O) groups is 3. The van der Waals surface area contributed by atoms with Crippen LogP contribution in [0.4, 0.5) is 11.4 Å². The molecular formula is C23H14N4O4. The second-order valence-electron chi connectivity index (χ2n) is 6.81. The van der Waals surface area contributed by atoms with Crippen molar-refractivity contribution in [2.45, 2.75) is 0 Å². The Morgan fingerprint density at radius 3 is 2.39 bits per heavy atom. The van der Waals surface area contributed by atoms with Crippen LogP contribution in [0.3, 0.4) is 0 Å². The van der Waals surface area contributed by atoms with Crippen molar-refractivity contribution in [2.75, 3.05) is 10.2 Å². The maximum absolute atomic E-state index is 12.7. The summed E-state index contributed by atoms with van der Waals surface area (Å²) < 4.78 is 5.23. The first-order valence-corrected chi connectivity index (χ1v) is 9.38. The first-order chi connectivity index (χ1) is 15.1. The summed E-state index contributed by atoms with van der Waals surface area (Å²) in [7, 11) is 0. The van der Waals surface area contributed by atoms with Gasteiger partial charge in [-0.3, -0.25) is 19.4 Å². The molecule has 1 aliphatic heterocycles. The number of hydrogen-bond acceptors (Lipinski definition) is 6. The van der Waals surface area contributed by atoms with Gasteiger partial charge in [0.2, 0.25) is 0 Å². The van der Waals surface area contributed by atoms with Crippen LogP contribution in [0.5, 0.6) is 0 Å². The minimum atomic E-state index is -0.488. The Morgan fingerprint density at radius 2 is 1.68 bits per heavy atom. The summed E-state index contributed by atoms with van der Waals surface area (Å²) in [5.41, 5.74) is 2.26. The van der Waals surface area contributed by atoms with Crippen LogP contribution in [0, 0.1) is 0 Å². The summed E-state index contributed by atoms with van der Waals surface area (Å²) in [4.78, 5) is 43.1. The van der Waals surface area contributed by atoms with Crippen molar-refractivity contribution in [3.63, 3.8) is 0 Å². The molecule has 3 amide bonds. The molecule has 0 spiro atoms. The first kappa shape index (κ1) is 18.4. The zero-order valence-electron chi connectivity index (χ0n) is 16.0. The van der Waals surface area contributed by atoms with E-state index in [2.05, 4.69) is 15.5 Å². The molecule has 0 saturated heterocycles.